The summed E-state index contributed by atoms with van der Waals surface area (Å²) in [6.45, 7) is 0.461. The molecule has 1 heterocycles. The molecular weight excluding hydrogens is 368 g/mol. The van der Waals surface area contributed by atoms with Crippen LogP contribution in [0.2, 0.25) is 0 Å². The first-order chi connectivity index (χ1) is 12.9. The monoisotopic (exact) mass is 390 g/mol. The zero-order chi connectivity index (χ0) is 19.4. The summed E-state index contributed by atoms with van der Waals surface area (Å²) < 4.78 is 36.6. The van der Waals surface area contributed by atoms with E-state index in [9.17, 15) is 13.2 Å². The third kappa shape index (κ3) is 4.33. The summed E-state index contributed by atoms with van der Waals surface area (Å²) in [5, 5.41) is 2.84. The Bertz CT molecular complexity index is 929. The van der Waals surface area contributed by atoms with Crippen LogP contribution in [0, 0.1) is 0 Å². The van der Waals surface area contributed by atoms with Crippen molar-refractivity contribution in [3.05, 3.63) is 54.1 Å². The van der Waals surface area contributed by atoms with Gasteiger partial charge in [0, 0.05) is 25.1 Å². The number of carbonyl (C=O) groups is 1. The zero-order valence-corrected chi connectivity index (χ0v) is 16.0. The second kappa shape index (κ2) is 7.87. The maximum atomic E-state index is 12.6. The molecule has 27 heavy (non-hydrogen) atoms. The highest BCUT2D eigenvalue weighted by Crippen LogP contribution is 2.33. The molecule has 0 radical (unpaired) electrons. The molecule has 0 spiro atoms. The van der Waals surface area contributed by atoms with Crippen molar-refractivity contribution in [3.8, 4) is 11.5 Å². The summed E-state index contributed by atoms with van der Waals surface area (Å²) in [4.78, 5) is 12.6. The Morgan fingerprint density at radius 3 is 2.67 bits per heavy atom. The topological polar surface area (TPSA) is 84.9 Å². The van der Waals surface area contributed by atoms with Crippen LogP contribution < -0.4 is 19.1 Å². The molecule has 2 aromatic carbocycles. The molecule has 144 valence electrons. The molecule has 8 heteroatoms. The molecule has 0 aliphatic carbocycles. The van der Waals surface area contributed by atoms with E-state index in [-0.39, 0.29) is 18.9 Å². The van der Waals surface area contributed by atoms with Gasteiger partial charge in [0.15, 0.2) is 6.10 Å². The second-order valence-corrected chi connectivity index (χ2v) is 8.13. The van der Waals surface area contributed by atoms with E-state index in [1.54, 1.807) is 31.4 Å². The minimum atomic E-state index is -3.47. The highest BCUT2D eigenvalue weighted by molar-refractivity contribution is 7.92. The predicted molar refractivity (Wildman–Crippen MR) is 103 cm³/mol. The number of carbonyl (C=O) groups excluding carboxylic acids is 1. The van der Waals surface area contributed by atoms with E-state index < -0.39 is 16.1 Å². The van der Waals surface area contributed by atoms with E-state index in [1.807, 2.05) is 24.3 Å². The first-order valence-electron chi connectivity index (χ1n) is 8.53. The van der Waals surface area contributed by atoms with Gasteiger partial charge in [-0.3, -0.25) is 9.10 Å². The maximum Gasteiger partial charge on any atom is 0.261 e. The van der Waals surface area contributed by atoms with Gasteiger partial charge in [0.05, 0.1) is 19.1 Å². The van der Waals surface area contributed by atoms with Crippen molar-refractivity contribution in [1.82, 2.24) is 5.32 Å². The number of benzene rings is 2. The van der Waals surface area contributed by atoms with Crippen LogP contribution >= 0.6 is 0 Å². The van der Waals surface area contributed by atoms with Crippen LogP contribution in [-0.2, 0) is 21.4 Å². The first kappa shape index (κ1) is 19.0. The number of rotatable bonds is 5. The number of anilines is 1. The number of amides is 1. The molecule has 3 rings (SSSR count). The van der Waals surface area contributed by atoms with Crippen LogP contribution in [0.15, 0.2) is 48.5 Å². The fourth-order valence-electron chi connectivity index (χ4n) is 3.00. The van der Waals surface area contributed by atoms with Gasteiger partial charge in [-0.15, -0.1) is 0 Å². The summed E-state index contributed by atoms with van der Waals surface area (Å²) in [6.07, 6.45) is 0.610. The summed E-state index contributed by atoms with van der Waals surface area (Å²) in [5.74, 6) is 0.761. The average molecular weight is 390 g/mol. The van der Waals surface area contributed by atoms with Gasteiger partial charge < -0.3 is 14.8 Å². The molecule has 0 saturated carbocycles. The van der Waals surface area contributed by atoms with E-state index in [4.69, 9.17) is 9.47 Å². The Labute approximate surface area is 158 Å². The predicted octanol–water partition coefficient (Wildman–Crippen LogP) is 1.93. The summed E-state index contributed by atoms with van der Waals surface area (Å²) >= 11 is 0. The molecule has 1 aliphatic rings. The number of nitrogens with one attached hydrogen (secondary N) is 1. The molecule has 7 nitrogen and oxygen atoms in total. The molecule has 0 aromatic heterocycles. The summed E-state index contributed by atoms with van der Waals surface area (Å²) in [6, 6.07) is 14.2. The van der Waals surface area contributed by atoms with Gasteiger partial charge in [-0.1, -0.05) is 30.3 Å². The van der Waals surface area contributed by atoms with Gasteiger partial charge in [-0.05, 0) is 18.2 Å². The van der Waals surface area contributed by atoms with Crippen LogP contribution in [0.5, 0.6) is 11.5 Å². The van der Waals surface area contributed by atoms with Crippen LogP contribution in [0.1, 0.15) is 12.0 Å². The van der Waals surface area contributed by atoms with Crippen LogP contribution in [-0.4, -0.2) is 40.3 Å². The number of nitrogens with zero attached hydrogens (tertiary/aromatic N) is 1. The van der Waals surface area contributed by atoms with Crippen LogP contribution in [0.4, 0.5) is 5.69 Å². The minimum absolute atomic E-state index is 0.169. The Morgan fingerprint density at radius 2 is 1.93 bits per heavy atom. The van der Waals surface area contributed by atoms with E-state index in [1.165, 1.54) is 4.31 Å². The molecule has 1 aliphatic heterocycles. The Balaban J connectivity index is 1.75. The lowest BCUT2D eigenvalue weighted by Crippen LogP contribution is -2.39. The van der Waals surface area contributed by atoms with Crippen molar-refractivity contribution < 1.29 is 22.7 Å². The lowest BCUT2D eigenvalue weighted by atomic mass is 10.2. The standard InChI is InChI=1S/C19H22N2O5S/c1-25-16-9-5-3-7-14(16)13-20-19(22)18-11-12-21(27(2,23)24)15-8-4-6-10-17(15)26-18/h3-10,18H,11-13H2,1-2H3,(H,20,22)/t18-/m0/s1. The van der Waals surface area contributed by atoms with E-state index in [0.717, 1.165) is 11.8 Å². The quantitative estimate of drug-likeness (QED) is 0.843. The summed E-state index contributed by atoms with van der Waals surface area (Å²) in [7, 11) is -1.90. The number of fused-ring (bicyclic) bond motifs is 1. The van der Waals surface area contributed by atoms with Crippen molar-refractivity contribution in [1.29, 1.82) is 0 Å². The van der Waals surface area contributed by atoms with Gasteiger partial charge >= 0.3 is 0 Å². The molecule has 0 fully saturated rings. The molecule has 1 amide bonds. The highest BCUT2D eigenvalue weighted by Gasteiger charge is 2.30. The first-order valence-corrected chi connectivity index (χ1v) is 10.4. The molecular formula is C19H22N2O5S. The normalized spacial score (nSPS) is 16.7. The highest BCUT2D eigenvalue weighted by atomic mass is 32.2. The molecule has 1 N–H and O–H groups in total. The van der Waals surface area contributed by atoms with Gasteiger partial charge in [-0.25, -0.2) is 8.42 Å². The number of sulfonamides is 1. The van der Waals surface area contributed by atoms with Crippen LogP contribution in [0.3, 0.4) is 0 Å². The molecule has 0 saturated heterocycles. The average Bonchev–Trinajstić information content (AvgIpc) is 2.86. The Hall–Kier alpha value is -2.74. The van der Waals surface area contributed by atoms with Crippen molar-refractivity contribution in [2.75, 3.05) is 24.2 Å². The van der Waals surface area contributed by atoms with Crippen LogP contribution in [0.25, 0.3) is 0 Å². The number of hydrogen-bond donors (Lipinski definition) is 1. The van der Waals surface area contributed by atoms with E-state index in [0.29, 0.717) is 23.7 Å². The van der Waals surface area contributed by atoms with Gasteiger partial charge in [0.1, 0.15) is 11.5 Å². The Kier molecular flexibility index (Phi) is 5.55. The third-order valence-electron chi connectivity index (χ3n) is 4.34. The fourth-order valence-corrected chi connectivity index (χ4v) is 3.95. The smallest absolute Gasteiger partial charge is 0.261 e. The number of para-hydroxylation sites is 3. The number of methoxy groups -OCH3 is 1. The SMILES string of the molecule is COc1ccccc1CNC(=O)[C@@H]1CCN(S(C)(=O)=O)c2ccccc2O1. The lowest BCUT2D eigenvalue weighted by molar-refractivity contribution is -0.128. The number of hydrogen-bond acceptors (Lipinski definition) is 5. The minimum Gasteiger partial charge on any atom is -0.496 e. The summed E-state index contributed by atoms with van der Waals surface area (Å²) in [5.41, 5.74) is 1.29. The van der Waals surface area contributed by atoms with Crippen molar-refractivity contribution in [2.24, 2.45) is 0 Å². The van der Waals surface area contributed by atoms with E-state index >= 15 is 0 Å². The maximum absolute atomic E-state index is 12.6. The molecule has 1 atom stereocenters. The van der Waals surface area contributed by atoms with Crippen molar-refractivity contribution >= 4 is 21.6 Å². The fraction of sp³-hybridized carbons (Fsp3) is 0.316. The molecule has 0 bridgehead atoms. The number of ether oxygens (including phenoxy) is 2. The zero-order valence-electron chi connectivity index (χ0n) is 15.2. The molecule has 2 aromatic rings. The van der Waals surface area contributed by atoms with Gasteiger partial charge in [0.25, 0.3) is 5.91 Å². The van der Waals surface area contributed by atoms with Crippen molar-refractivity contribution in [3.63, 3.8) is 0 Å². The third-order valence-corrected chi connectivity index (χ3v) is 5.52. The van der Waals surface area contributed by atoms with Gasteiger partial charge in [-0.2, -0.15) is 0 Å². The lowest BCUT2D eigenvalue weighted by Gasteiger charge is -2.20. The van der Waals surface area contributed by atoms with E-state index in [2.05, 4.69) is 5.32 Å². The molecule has 0 unspecified atom stereocenters. The Morgan fingerprint density at radius 1 is 1.22 bits per heavy atom. The largest absolute Gasteiger partial charge is 0.496 e. The van der Waals surface area contributed by atoms with Crippen molar-refractivity contribution in [2.45, 2.75) is 19.1 Å². The van der Waals surface area contributed by atoms with Gasteiger partial charge in [0.2, 0.25) is 10.0 Å². The second-order valence-electron chi connectivity index (χ2n) is 6.23.